The van der Waals surface area contributed by atoms with Crippen molar-refractivity contribution in [2.75, 3.05) is 6.26 Å². The molecule has 1 heterocycles. The van der Waals surface area contributed by atoms with Gasteiger partial charge >= 0.3 is 0 Å². The van der Waals surface area contributed by atoms with Gasteiger partial charge in [0.25, 0.3) is 0 Å². The minimum absolute atomic E-state index is 0.558. The van der Waals surface area contributed by atoms with Crippen LogP contribution >= 0.6 is 46.7 Å². The fourth-order valence-corrected chi connectivity index (χ4v) is 3.75. The number of hydrogen-bond donors (Lipinski definition) is 0. The van der Waals surface area contributed by atoms with E-state index in [0.717, 1.165) is 39.9 Å². The minimum atomic E-state index is 0.558. The van der Waals surface area contributed by atoms with E-state index in [1.165, 1.54) is 0 Å². The molecular formula is C17H18Cl2N2S2. The molecule has 0 radical (unpaired) electrons. The number of thioether (sulfide) groups is 2. The second-order valence-corrected chi connectivity index (χ2v) is 7.76. The second-order valence-electron chi connectivity index (χ2n) is 4.83. The van der Waals surface area contributed by atoms with Crippen molar-refractivity contribution in [1.29, 1.82) is 0 Å². The van der Waals surface area contributed by atoms with Crippen LogP contribution in [-0.2, 0) is 6.42 Å². The lowest BCUT2D eigenvalue weighted by molar-refractivity contribution is 0.777. The van der Waals surface area contributed by atoms with Crippen LogP contribution in [0.3, 0.4) is 0 Å². The van der Waals surface area contributed by atoms with Gasteiger partial charge in [0.1, 0.15) is 4.38 Å². The third kappa shape index (κ3) is 5.71. The van der Waals surface area contributed by atoms with Gasteiger partial charge in [-0.05, 0) is 49.4 Å². The van der Waals surface area contributed by atoms with Gasteiger partial charge in [0.2, 0.25) is 0 Å². The van der Waals surface area contributed by atoms with E-state index in [-0.39, 0.29) is 0 Å². The van der Waals surface area contributed by atoms with Gasteiger partial charge < -0.3 is 0 Å². The first-order chi connectivity index (χ1) is 11.1. The molecule has 0 aliphatic rings. The highest BCUT2D eigenvalue weighted by atomic mass is 35.5. The second kappa shape index (κ2) is 9.58. The number of hydrogen-bond acceptors (Lipinski definition) is 4. The van der Waals surface area contributed by atoms with Crippen LogP contribution in [0.25, 0.3) is 0 Å². The fraction of sp³-hybridized carbons (Fsp3) is 0.294. The summed E-state index contributed by atoms with van der Waals surface area (Å²) in [4.78, 5) is 10.3. The summed E-state index contributed by atoms with van der Waals surface area (Å²) >= 11 is 15.2. The van der Waals surface area contributed by atoms with E-state index in [2.05, 4.69) is 11.9 Å². The molecule has 0 N–H and O–H groups in total. The van der Waals surface area contributed by atoms with Crippen LogP contribution in [0.4, 0.5) is 5.69 Å². The largest absolute Gasteiger partial charge is 0.259 e. The molecule has 122 valence electrons. The van der Waals surface area contributed by atoms with Crippen molar-refractivity contribution in [1.82, 2.24) is 4.98 Å². The number of halogens is 2. The summed E-state index contributed by atoms with van der Waals surface area (Å²) in [5.41, 5.74) is 1.99. The Morgan fingerprint density at radius 2 is 2.04 bits per heavy atom. The van der Waals surface area contributed by atoms with Crippen molar-refractivity contribution in [3.8, 4) is 0 Å². The summed E-state index contributed by atoms with van der Waals surface area (Å²) in [6.07, 6.45) is 7.07. The number of unbranched alkanes of at least 4 members (excludes halogenated alkanes) is 1. The summed E-state index contributed by atoms with van der Waals surface area (Å²) in [6.45, 7) is 2.18. The van der Waals surface area contributed by atoms with Crippen molar-refractivity contribution < 1.29 is 0 Å². The molecule has 23 heavy (non-hydrogen) atoms. The fourth-order valence-electron chi connectivity index (χ4n) is 1.92. The number of nitrogens with zero attached hydrogens (tertiary/aromatic N) is 2. The zero-order valence-electron chi connectivity index (χ0n) is 13.1. The van der Waals surface area contributed by atoms with Gasteiger partial charge in [-0.1, -0.05) is 48.3 Å². The van der Waals surface area contributed by atoms with E-state index in [0.29, 0.717) is 10.0 Å². The summed E-state index contributed by atoms with van der Waals surface area (Å²) in [5.74, 6) is 0. The lowest BCUT2D eigenvalue weighted by Crippen LogP contribution is -1.92. The van der Waals surface area contributed by atoms with E-state index in [1.54, 1.807) is 29.6 Å². The summed E-state index contributed by atoms with van der Waals surface area (Å²) in [6, 6.07) is 9.56. The zero-order valence-corrected chi connectivity index (χ0v) is 16.2. The SMILES string of the molecule is CCCCc1ncccc1N=C(SC)Sc1ccc(Cl)c(Cl)c1. The first-order valence-electron chi connectivity index (χ1n) is 7.33. The molecule has 1 aromatic heterocycles. The molecule has 0 fully saturated rings. The maximum atomic E-state index is 6.08. The topological polar surface area (TPSA) is 25.2 Å². The third-order valence-corrected chi connectivity index (χ3v) is 5.80. The Balaban J connectivity index is 2.22. The number of rotatable bonds is 5. The Morgan fingerprint density at radius 1 is 1.22 bits per heavy atom. The highest BCUT2D eigenvalue weighted by Crippen LogP contribution is 2.32. The predicted molar refractivity (Wildman–Crippen MR) is 106 cm³/mol. The van der Waals surface area contributed by atoms with E-state index < -0.39 is 0 Å². The molecule has 0 atom stereocenters. The van der Waals surface area contributed by atoms with Crippen molar-refractivity contribution in [3.63, 3.8) is 0 Å². The molecular weight excluding hydrogens is 367 g/mol. The van der Waals surface area contributed by atoms with Gasteiger partial charge in [-0.25, -0.2) is 4.99 Å². The molecule has 1 aromatic carbocycles. The Hall–Kier alpha value is -0.680. The first kappa shape index (κ1) is 18.7. The summed E-state index contributed by atoms with van der Waals surface area (Å²) in [7, 11) is 0. The molecule has 0 aliphatic carbocycles. The van der Waals surface area contributed by atoms with Gasteiger partial charge in [-0.3, -0.25) is 4.98 Å². The van der Waals surface area contributed by atoms with Crippen LogP contribution in [-0.4, -0.2) is 15.6 Å². The Morgan fingerprint density at radius 3 is 2.74 bits per heavy atom. The highest BCUT2D eigenvalue weighted by molar-refractivity contribution is 8.38. The van der Waals surface area contributed by atoms with Gasteiger partial charge in [-0.2, -0.15) is 0 Å². The smallest absolute Gasteiger partial charge is 0.135 e. The lowest BCUT2D eigenvalue weighted by atomic mass is 10.1. The quantitative estimate of drug-likeness (QED) is 0.319. The van der Waals surface area contributed by atoms with Crippen LogP contribution < -0.4 is 0 Å². The number of aliphatic imine (C=N–C) groups is 1. The Bertz CT molecular complexity index is 690. The molecule has 2 nitrogen and oxygen atoms in total. The Kier molecular flexibility index (Phi) is 7.77. The number of aryl methyl sites for hydroxylation is 1. The molecule has 0 bridgehead atoms. The number of pyridine rings is 1. The molecule has 2 aromatic rings. The molecule has 2 rings (SSSR count). The maximum Gasteiger partial charge on any atom is 0.135 e. The molecule has 0 spiro atoms. The van der Waals surface area contributed by atoms with E-state index in [9.17, 15) is 0 Å². The van der Waals surface area contributed by atoms with Gasteiger partial charge in [0, 0.05) is 11.1 Å². The Labute approximate surface area is 156 Å². The number of benzene rings is 1. The highest BCUT2D eigenvalue weighted by Gasteiger charge is 2.07. The van der Waals surface area contributed by atoms with E-state index in [1.807, 2.05) is 36.7 Å². The minimum Gasteiger partial charge on any atom is -0.259 e. The first-order valence-corrected chi connectivity index (χ1v) is 10.1. The van der Waals surface area contributed by atoms with Crippen LogP contribution in [0.5, 0.6) is 0 Å². The third-order valence-electron chi connectivity index (χ3n) is 3.12. The van der Waals surface area contributed by atoms with Gasteiger partial charge in [0.15, 0.2) is 0 Å². The molecule has 0 unspecified atom stereocenters. The van der Waals surface area contributed by atoms with Crippen LogP contribution in [0.2, 0.25) is 10.0 Å². The monoisotopic (exact) mass is 384 g/mol. The zero-order chi connectivity index (χ0) is 16.7. The van der Waals surface area contributed by atoms with Gasteiger partial charge in [-0.15, -0.1) is 11.8 Å². The maximum absolute atomic E-state index is 6.08. The molecule has 0 amide bonds. The van der Waals surface area contributed by atoms with Crippen LogP contribution in [0.1, 0.15) is 25.5 Å². The molecule has 0 aliphatic heterocycles. The summed E-state index contributed by atoms with van der Waals surface area (Å²) < 4.78 is 0.953. The molecule has 0 saturated heterocycles. The molecule has 0 saturated carbocycles. The van der Waals surface area contributed by atoms with Crippen LogP contribution in [0, 0.1) is 0 Å². The average molecular weight is 385 g/mol. The van der Waals surface area contributed by atoms with E-state index in [4.69, 9.17) is 28.2 Å². The van der Waals surface area contributed by atoms with Crippen molar-refractivity contribution in [2.24, 2.45) is 4.99 Å². The normalized spacial score (nSPS) is 11.7. The van der Waals surface area contributed by atoms with Crippen molar-refractivity contribution in [2.45, 2.75) is 31.1 Å². The average Bonchev–Trinajstić information content (AvgIpc) is 2.56. The predicted octanol–water partition coefficient (Wildman–Crippen LogP) is 6.87. The van der Waals surface area contributed by atoms with Crippen molar-refractivity contribution in [3.05, 3.63) is 52.3 Å². The van der Waals surface area contributed by atoms with Crippen LogP contribution in [0.15, 0.2) is 46.4 Å². The summed E-state index contributed by atoms with van der Waals surface area (Å²) in [5, 5.41) is 1.12. The standard InChI is InChI=1S/C17H18Cl2N2S2/c1-3-4-6-15-16(7-5-10-20-15)21-17(22-2)23-12-8-9-13(18)14(19)11-12/h5,7-11H,3-4,6H2,1-2H3. The van der Waals surface area contributed by atoms with Crippen molar-refractivity contribution >= 4 is 56.8 Å². The van der Waals surface area contributed by atoms with Gasteiger partial charge in [0.05, 0.1) is 21.4 Å². The molecule has 6 heteroatoms. The number of aromatic nitrogens is 1. The lowest BCUT2D eigenvalue weighted by Gasteiger charge is -2.07. The van der Waals surface area contributed by atoms with E-state index >= 15 is 0 Å².